The fraction of sp³-hybridized carbons (Fsp3) is 0.667. The zero-order valence-corrected chi connectivity index (χ0v) is 10.4. The summed E-state index contributed by atoms with van der Waals surface area (Å²) in [6.45, 7) is 0.771. The number of rotatable bonds is 6. The molecule has 6 heteroatoms. The lowest BCUT2D eigenvalue weighted by Crippen LogP contribution is -2.55. The Hall–Kier alpha value is -1.40. The third kappa shape index (κ3) is 3.54. The Morgan fingerprint density at radius 2 is 2.39 bits per heavy atom. The Kier molecular flexibility index (Phi) is 4.72. The van der Waals surface area contributed by atoms with Crippen molar-refractivity contribution >= 4 is 0 Å². The van der Waals surface area contributed by atoms with E-state index in [0.29, 0.717) is 6.42 Å². The van der Waals surface area contributed by atoms with Gasteiger partial charge in [0.1, 0.15) is 6.04 Å². The van der Waals surface area contributed by atoms with Crippen molar-refractivity contribution < 1.29 is 0 Å². The largest absolute Gasteiger partial charge is 0.386 e. The van der Waals surface area contributed by atoms with Gasteiger partial charge in [0, 0.05) is 31.3 Å². The molecule has 4 unspecified atom stereocenters. The molecule has 2 rings (SSSR count). The Morgan fingerprint density at radius 1 is 1.50 bits per heavy atom. The monoisotopic (exact) mass is 251 g/mol. The highest BCUT2D eigenvalue weighted by Gasteiger charge is 2.25. The molecule has 0 bridgehead atoms. The van der Waals surface area contributed by atoms with Gasteiger partial charge in [0.15, 0.2) is 0 Å². The van der Waals surface area contributed by atoms with Crippen LogP contribution < -0.4 is 21.7 Å². The standard InChI is InChI=1S/C12H21N5O/c13-11(16-12-8-14-5-6-15-12)7-10(17-18)9-3-1-2-4-9/h1,3,5-6,9-12,14-16H,2,4,7-8,13H2. The van der Waals surface area contributed by atoms with E-state index in [2.05, 4.69) is 33.3 Å². The molecule has 0 saturated carbocycles. The molecule has 0 amide bonds. The molecule has 0 aromatic rings. The van der Waals surface area contributed by atoms with Crippen molar-refractivity contribution in [3.05, 3.63) is 29.5 Å². The molecule has 1 aliphatic carbocycles. The van der Waals surface area contributed by atoms with E-state index in [1.165, 1.54) is 0 Å². The predicted molar refractivity (Wildman–Crippen MR) is 71.2 cm³/mol. The van der Waals surface area contributed by atoms with Crippen LogP contribution in [0.15, 0.2) is 29.7 Å². The van der Waals surface area contributed by atoms with Crippen LogP contribution in [0.5, 0.6) is 0 Å². The van der Waals surface area contributed by atoms with Crippen molar-refractivity contribution in [2.24, 2.45) is 16.8 Å². The van der Waals surface area contributed by atoms with Gasteiger partial charge < -0.3 is 16.4 Å². The van der Waals surface area contributed by atoms with E-state index in [1.54, 1.807) is 0 Å². The van der Waals surface area contributed by atoms with Crippen LogP contribution in [0, 0.1) is 10.8 Å². The summed E-state index contributed by atoms with van der Waals surface area (Å²) >= 11 is 0. The number of hydrogen-bond donors (Lipinski definition) is 4. The maximum absolute atomic E-state index is 10.9. The average Bonchev–Trinajstić information content (AvgIpc) is 2.91. The number of nitroso groups, excluding NO2 is 1. The lowest BCUT2D eigenvalue weighted by Gasteiger charge is -2.27. The van der Waals surface area contributed by atoms with Crippen LogP contribution in [0.25, 0.3) is 0 Å². The van der Waals surface area contributed by atoms with E-state index in [-0.39, 0.29) is 24.3 Å². The molecule has 18 heavy (non-hydrogen) atoms. The molecular weight excluding hydrogens is 230 g/mol. The normalized spacial score (nSPS) is 29.4. The van der Waals surface area contributed by atoms with E-state index in [4.69, 9.17) is 5.73 Å². The van der Waals surface area contributed by atoms with Crippen LogP contribution in [-0.4, -0.2) is 24.9 Å². The minimum absolute atomic E-state index is 0.0939. The number of nitrogens with one attached hydrogen (secondary N) is 3. The van der Waals surface area contributed by atoms with Crippen LogP contribution in [-0.2, 0) is 0 Å². The van der Waals surface area contributed by atoms with Crippen LogP contribution in [0.4, 0.5) is 0 Å². The molecule has 1 aliphatic heterocycles. The lowest BCUT2D eigenvalue weighted by atomic mass is 9.96. The van der Waals surface area contributed by atoms with Crippen LogP contribution >= 0.6 is 0 Å². The SMILES string of the molecule is NC(CC(N=O)C1C=CCC1)NC1CNC=CN1. The summed E-state index contributed by atoms with van der Waals surface area (Å²) in [4.78, 5) is 10.9. The lowest BCUT2D eigenvalue weighted by molar-refractivity contribution is 0.335. The Morgan fingerprint density at radius 3 is 3.00 bits per heavy atom. The minimum Gasteiger partial charge on any atom is -0.386 e. The summed E-state index contributed by atoms with van der Waals surface area (Å²) in [6.07, 6.45) is 10.4. The van der Waals surface area contributed by atoms with Gasteiger partial charge >= 0.3 is 0 Å². The van der Waals surface area contributed by atoms with Gasteiger partial charge in [-0.05, 0) is 12.8 Å². The zero-order valence-electron chi connectivity index (χ0n) is 10.4. The highest BCUT2D eigenvalue weighted by molar-refractivity contribution is 5.01. The van der Waals surface area contributed by atoms with Crippen molar-refractivity contribution in [1.82, 2.24) is 16.0 Å². The fourth-order valence-electron chi connectivity index (χ4n) is 2.43. The fourth-order valence-corrected chi connectivity index (χ4v) is 2.43. The quantitative estimate of drug-likeness (QED) is 0.310. The molecule has 0 spiro atoms. The van der Waals surface area contributed by atoms with Gasteiger partial charge in [0.25, 0.3) is 0 Å². The average molecular weight is 251 g/mol. The molecule has 0 saturated heterocycles. The van der Waals surface area contributed by atoms with Crippen LogP contribution in [0.3, 0.4) is 0 Å². The minimum atomic E-state index is -0.229. The number of hydrogen-bond acceptors (Lipinski definition) is 6. The second-order valence-electron chi connectivity index (χ2n) is 4.81. The molecule has 5 N–H and O–H groups in total. The molecule has 100 valence electrons. The molecule has 2 aliphatic rings. The highest BCUT2D eigenvalue weighted by atomic mass is 16.3. The first kappa shape index (κ1) is 13.0. The molecule has 1 heterocycles. The first-order valence-electron chi connectivity index (χ1n) is 6.45. The van der Waals surface area contributed by atoms with Crippen LogP contribution in [0.2, 0.25) is 0 Å². The van der Waals surface area contributed by atoms with Crippen molar-refractivity contribution in [3.8, 4) is 0 Å². The Balaban J connectivity index is 1.77. The molecular formula is C12H21N5O. The molecule has 4 atom stereocenters. The smallest absolute Gasteiger partial charge is 0.101 e. The molecule has 0 aromatic carbocycles. The molecule has 0 fully saturated rings. The summed E-state index contributed by atoms with van der Waals surface area (Å²) in [6, 6.07) is -0.224. The Bertz CT molecular complexity index is 330. The van der Waals surface area contributed by atoms with Crippen molar-refractivity contribution in [3.63, 3.8) is 0 Å². The summed E-state index contributed by atoms with van der Waals surface area (Å²) in [7, 11) is 0. The van der Waals surface area contributed by atoms with Crippen molar-refractivity contribution in [2.75, 3.05) is 6.54 Å². The Labute approximate surface area is 107 Å². The maximum Gasteiger partial charge on any atom is 0.101 e. The van der Waals surface area contributed by atoms with E-state index < -0.39 is 0 Å². The number of nitrogens with zero attached hydrogens (tertiary/aromatic N) is 1. The van der Waals surface area contributed by atoms with Gasteiger partial charge in [0.2, 0.25) is 0 Å². The van der Waals surface area contributed by atoms with E-state index in [9.17, 15) is 4.91 Å². The third-order valence-electron chi connectivity index (χ3n) is 3.41. The summed E-state index contributed by atoms with van der Waals surface area (Å²) in [5, 5.41) is 12.7. The molecule has 6 nitrogen and oxygen atoms in total. The first-order valence-corrected chi connectivity index (χ1v) is 6.45. The predicted octanol–water partition coefficient (Wildman–Crippen LogP) is 0.342. The van der Waals surface area contributed by atoms with E-state index in [1.807, 2.05) is 12.4 Å². The topological polar surface area (TPSA) is 91.5 Å². The van der Waals surface area contributed by atoms with Gasteiger partial charge in [-0.2, -0.15) is 4.91 Å². The third-order valence-corrected chi connectivity index (χ3v) is 3.41. The number of nitrogens with two attached hydrogens (primary N) is 1. The highest BCUT2D eigenvalue weighted by Crippen LogP contribution is 2.25. The second kappa shape index (κ2) is 6.51. The van der Waals surface area contributed by atoms with Gasteiger partial charge in [-0.1, -0.05) is 17.3 Å². The van der Waals surface area contributed by atoms with Gasteiger partial charge in [-0.25, -0.2) is 0 Å². The summed E-state index contributed by atoms with van der Waals surface area (Å²) in [5.74, 6) is 0.257. The van der Waals surface area contributed by atoms with Crippen molar-refractivity contribution in [1.29, 1.82) is 0 Å². The first-order chi connectivity index (χ1) is 8.79. The zero-order chi connectivity index (χ0) is 12.8. The second-order valence-corrected chi connectivity index (χ2v) is 4.81. The van der Waals surface area contributed by atoms with Crippen molar-refractivity contribution in [2.45, 2.75) is 37.6 Å². The molecule has 0 radical (unpaired) electrons. The van der Waals surface area contributed by atoms with Gasteiger partial charge in [-0.3, -0.25) is 5.32 Å². The summed E-state index contributed by atoms with van der Waals surface area (Å²) < 4.78 is 0. The van der Waals surface area contributed by atoms with Crippen LogP contribution in [0.1, 0.15) is 19.3 Å². The molecule has 0 aromatic heterocycles. The van der Waals surface area contributed by atoms with E-state index >= 15 is 0 Å². The van der Waals surface area contributed by atoms with Gasteiger partial charge in [0.05, 0.1) is 12.3 Å². The maximum atomic E-state index is 10.9. The number of allylic oxidation sites excluding steroid dienone is 1. The summed E-state index contributed by atoms with van der Waals surface area (Å²) in [5.41, 5.74) is 6.02. The van der Waals surface area contributed by atoms with Gasteiger partial charge in [-0.15, -0.1) is 0 Å². The van der Waals surface area contributed by atoms with E-state index in [0.717, 1.165) is 19.4 Å².